The van der Waals surface area contributed by atoms with Crippen molar-refractivity contribution in [3.8, 4) is 0 Å². The van der Waals surface area contributed by atoms with Crippen LogP contribution in [-0.2, 0) is 33.4 Å². The number of hydrogen-bond donors (Lipinski definition) is 1. The molecule has 1 aliphatic carbocycles. The lowest BCUT2D eigenvalue weighted by Gasteiger charge is -2.53. The number of Topliss-reactive ketones (excluding diaryl/α,β-unsaturated/α-hetero) is 1. The van der Waals surface area contributed by atoms with E-state index in [1.807, 2.05) is 0 Å². The Morgan fingerprint density at radius 3 is 2.50 bits per heavy atom. The first-order valence-electron chi connectivity index (χ1n) is 10.2. The Hall–Kier alpha value is -2.04. The van der Waals surface area contributed by atoms with Crippen LogP contribution in [0.2, 0.25) is 0 Å². The number of aliphatic hydroxyl groups is 1. The number of fused-ring (bicyclic) bond motifs is 3. The molecule has 30 heavy (non-hydrogen) atoms. The molecule has 10 heteroatoms. The van der Waals surface area contributed by atoms with Gasteiger partial charge in [0.05, 0.1) is 24.2 Å². The van der Waals surface area contributed by atoms with Crippen LogP contribution in [0, 0.1) is 5.41 Å². The average molecular weight is 422 g/mol. The van der Waals surface area contributed by atoms with Crippen molar-refractivity contribution in [1.29, 1.82) is 0 Å². The monoisotopic (exact) mass is 422 g/mol. The molecule has 6 rings (SSSR count). The molecule has 164 valence electrons. The minimum atomic E-state index is -1.87. The molecule has 5 saturated heterocycles. The van der Waals surface area contributed by atoms with Gasteiger partial charge in [0, 0.05) is 26.8 Å². The maximum absolute atomic E-state index is 13.5. The number of ether oxygens (including phenoxy) is 3. The molecular formula is C20H26N2O8. The van der Waals surface area contributed by atoms with Crippen LogP contribution in [-0.4, -0.2) is 93.3 Å². The second kappa shape index (κ2) is 5.41. The summed E-state index contributed by atoms with van der Waals surface area (Å²) in [4.78, 5) is 54.4. The predicted molar refractivity (Wildman–Crippen MR) is 97.7 cm³/mol. The molecule has 0 aromatic rings. The predicted octanol–water partition coefficient (Wildman–Crippen LogP) is -1.03. The van der Waals surface area contributed by atoms with Gasteiger partial charge in [-0.15, -0.1) is 0 Å². The summed E-state index contributed by atoms with van der Waals surface area (Å²) in [5, 5.41) is 11.9. The lowest BCUT2D eigenvalue weighted by atomic mass is 9.76. The molecule has 7 atom stereocenters. The van der Waals surface area contributed by atoms with Crippen molar-refractivity contribution in [2.75, 3.05) is 13.7 Å². The highest BCUT2D eigenvalue weighted by Gasteiger charge is 2.83. The van der Waals surface area contributed by atoms with Gasteiger partial charge in [-0.3, -0.25) is 24.1 Å². The quantitative estimate of drug-likeness (QED) is 0.533. The lowest BCUT2D eigenvalue weighted by molar-refractivity contribution is -0.238. The van der Waals surface area contributed by atoms with Crippen molar-refractivity contribution in [2.45, 2.75) is 81.8 Å². The minimum absolute atomic E-state index is 0.0310. The van der Waals surface area contributed by atoms with E-state index in [1.165, 1.54) is 23.8 Å². The number of likely N-dealkylation sites (N-methyl/N-ethyl adjacent to an activating group) is 1. The van der Waals surface area contributed by atoms with Crippen LogP contribution < -0.4 is 0 Å². The van der Waals surface area contributed by atoms with Gasteiger partial charge in [-0.1, -0.05) is 13.8 Å². The van der Waals surface area contributed by atoms with Gasteiger partial charge in [-0.05, 0) is 6.92 Å². The van der Waals surface area contributed by atoms with Gasteiger partial charge in [0.15, 0.2) is 17.5 Å². The number of carbonyl (C=O) groups excluding carboxylic acids is 4. The van der Waals surface area contributed by atoms with E-state index in [4.69, 9.17) is 14.2 Å². The molecule has 0 aromatic carbocycles. The Labute approximate surface area is 173 Å². The average Bonchev–Trinajstić information content (AvgIpc) is 3.11. The third kappa shape index (κ3) is 1.91. The van der Waals surface area contributed by atoms with Crippen molar-refractivity contribution >= 4 is 23.6 Å². The summed E-state index contributed by atoms with van der Waals surface area (Å²) in [6, 6.07) is -1.75. The highest BCUT2D eigenvalue weighted by atomic mass is 16.6. The van der Waals surface area contributed by atoms with Crippen molar-refractivity contribution in [2.24, 2.45) is 5.41 Å². The molecule has 10 nitrogen and oxygen atoms in total. The largest absolute Gasteiger partial charge is 0.456 e. The Bertz CT molecular complexity index is 903. The SMILES string of the molecule is CC(=O)O[C@H]1[C@]2(O)C[C@@]34OC[C@@H](C(=O)N3[C@@H]2C[C@]12O[C@H](C)C(C)(C)C2=O)N(C)C4=O. The molecule has 5 heterocycles. The van der Waals surface area contributed by atoms with E-state index in [2.05, 4.69) is 0 Å². The van der Waals surface area contributed by atoms with Crippen LogP contribution in [0.25, 0.3) is 0 Å². The van der Waals surface area contributed by atoms with Gasteiger partial charge in [-0.2, -0.15) is 0 Å². The van der Waals surface area contributed by atoms with Gasteiger partial charge < -0.3 is 24.2 Å². The normalized spacial score (nSPS) is 48.5. The van der Waals surface area contributed by atoms with Crippen molar-refractivity contribution < 1.29 is 38.5 Å². The number of ketones is 1. The number of hydrogen-bond acceptors (Lipinski definition) is 8. The molecule has 0 aromatic heterocycles. The van der Waals surface area contributed by atoms with E-state index >= 15 is 0 Å². The number of nitrogens with zero attached hydrogens (tertiary/aromatic N) is 2. The molecule has 1 N–H and O–H groups in total. The molecule has 6 fully saturated rings. The Morgan fingerprint density at radius 1 is 1.27 bits per heavy atom. The number of esters is 1. The summed E-state index contributed by atoms with van der Waals surface area (Å²) < 4.78 is 17.5. The third-order valence-electron chi connectivity index (χ3n) is 7.96. The van der Waals surface area contributed by atoms with Crippen LogP contribution in [0.3, 0.4) is 0 Å². The number of carbonyl (C=O) groups is 4. The van der Waals surface area contributed by atoms with Gasteiger partial charge >= 0.3 is 5.97 Å². The number of rotatable bonds is 1. The van der Waals surface area contributed by atoms with Gasteiger partial charge in [0.25, 0.3) is 11.8 Å². The summed E-state index contributed by atoms with van der Waals surface area (Å²) in [6.07, 6.45) is -2.22. The standard InChI is InChI=1S/C20H26N2O8/c1-9-17(3,4)14(25)19(30-9)6-12-18(27,15(19)29-10(2)23)8-20-16(26)21(5)11(7-28-20)13(24)22(12)20/h9,11-12,15,27H,6-8H2,1-5H3/t9-,11+,12-,15+,18+,19-,20+/m1/s1. The molecule has 5 aliphatic heterocycles. The molecule has 2 spiro atoms. The fourth-order valence-electron chi connectivity index (χ4n) is 6.16. The fraction of sp³-hybridized carbons (Fsp3) is 0.800. The zero-order chi connectivity index (χ0) is 22.0. The summed E-state index contributed by atoms with van der Waals surface area (Å²) in [7, 11) is 1.53. The summed E-state index contributed by atoms with van der Waals surface area (Å²) in [5.41, 5.74) is -6.00. The fourth-order valence-corrected chi connectivity index (χ4v) is 6.16. The number of piperazine rings is 1. The molecule has 0 radical (unpaired) electrons. The Balaban J connectivity index is 1.65. The second-order valence-electron chi connectivity index (χ2n) is 9.81. The number of amides is 2. The van der Waals surface area contributed by atoms with Crippen LogP contribution in [0.4, 0.5) is 0 Å². The molecule has 1 saturated carbocycles. The topological polar surface area (TPSA) is 123 Å². The molecule has 6 aliphatic rings. The first kappa shape index (κ1) is 19.9. The molecule has 2 bridgehead atoms. The van der Waals surface area contributed by atoms with Gasteiger partial charge in [0.2, 0.25) is 5.72 Å². The zero-order valence-electron chi connectivity index (χ0n) is 17.6. The Kier molecular flexibility index (Phi) is 3.59. The second-order valence-corrected chi connectivity index (χ2v) is 9.81. The summed E-state index contributed by atoms with van der Waals surface area (Å²) in [5.74, 6) is -1.75. The minimum Gasteiger partial charge on any atom is -0.456 e. The third-order valence-corrected chi connectivity index (χ3v) is 7.96. The van der Waals surface area contributed by atoms with E-state index in [1.54, 1.807) is 20.8 Å². The van der Waals surface area contributed by atoms with E-state index in [9.17, 15) is 24.3 Å². The Morgan fingerprint density at radius 2 is 1.93 bits per heavy atom. The smallest absolute Gasteiger partial charge is 0.303 e. The number of morpholine rings is 1. The first-order valence-corrected chi connectivity index (χ1v) is 10.2. The van der Waals surface area contributed by atoms with Crippen LogP contribution >= 0.6 is 0 Å². The molecule has 2 amide bonds. The van der Waals surface area contributed by atoms with E-state index in [0.717, 1.165) is 0 Å². The van der Waals surface area contributed by atoms with Crippen LogP contribution in [0.1, 0.15) is 40.5 Å². The van der Waals surface area contributed by atoms with Gasteiger partial charge in [0.1, 0.15) is 11.6 Å². The molecular weight excluding hydrogens is 396 g/mol. The van der Waals surface area contributed by atoms with Gasteiger partial charge in [-0.25, -0.2) is 0 Å². The van der Waals surface area contributed by atoms with E-state index < -0.39 is 58.5 Å². The lowest BCUT2D eigenvalue weighted by Crippen LogP contribution is -2.76. The van der Waals surface area contributed by atoms with Crippen molar-refractivity contribution in [3.63, 3.8) is 0 Å². The van der Waals surface area contributed by atoms with E-state index in [-0.39, 0.29) is 31.1 Å². The summed E-state index contributed by atoms with van der Waals surface area (Å²) in [6.45, 7) is 6.46. The maximum Gasteiger partial charge on any atom is 0.303 e. The van der Waals surface area contributed by atoms with Crippen molar-refractivity contribution in [1.82, 2.24) is 9.80 Å². The summed E-state index contributed by atoms with van der Waals surface area (Å²) >= 11 is 0. The van der Waals surface area contributed by atoms with Crippen LogP contribution in [0.5, 0.6) is 0 Å². The highest BCUT2D eigenvalue weighted by molar-refractivity contribution is 6.02. The highest BCUT2D eigenvalue weighted by Crippen LogP contribution is 2.61. The van der Waals surface area contributed by atoms with Crippen LogP contribution in [0.15, 0.2) is 0 Å². The maximum atomic E-state index is 13.5. The van der Waals surface area contributed by atoms with Crippen molar-refractivity contribution in [3.05, 3.63) is 0 Å². The first-order chi connectivity index (χ1) is 13.8. The zero-order valence-corrected chi connectivity index (χ0v) is 17.6. The van der Waals surface area contributed by atoms with E-state index in [0.29, 0.717) is 0 Å². The molecule has 0 unspecified atom stereocenters.